The van der Waals surface area contributed by atoms with E-state index in [-0.39, 0.29) is 0 Å². The minimum atomic E-state index is 0.389. The molecule has 1 nitrogen and oxygen atoms in total. The fourth-order valence-electron chi connectivity index (χ4n) is 4.20. The third kappa shape index (κ3) is 13.6. The SMILES string of the molecule is CCCCCCCCCCCCCCCCCC[N+](C)(C)C(Br)c1ccccc1. The number of rotatable bonds is 19. The maximum Gasteiger partial charge on any atom is 0.169 e. The third-order valence-corrected chi connectivity index (χ3v) is 7.91. The summed E-state index contributed by atoms with van der Waals surface area (Å²) in [5.74, 6) is 0. The molecular formula is C27H49BrN+. The second-order valence-corrected chi connectivity index (χ2v) is 10.4. The van der Waals surface area contributed by atoms with Crippen LogP contribution in [0.15, 0.2) is 30.3 Å². The van der Waals surface area contributed by atoms with E-state index >= 15 is 0 Å². The van der Waals surface area contributed by atoms with Gasteiger partial charge in [-0.1, -0.05) is 127 Å². The van der Waals surface area contributed by atoms with E-state index in [2.05, 4.69) is 67.3 Å². The Morgan fingerprint density at radius 3 is 1.41 bits per heavy atom. The van der Waals surface area contributed by atoms with E-state index < -0.39 is 0 Å². The van der Waals surface area contributed by atoms with Crippen molar-refractivity contribution in [2.45, 2.75) is 115 Å². The number of hydrogen-bond acceptors (Lipinski definition) is 0. The molecule has 1 rings (SSSR count). The first-order valence-corrected chi connectivity index (χ1v) is 13.5. The summed E-state index contributed by atoms with van der Waals surface area (Å²) in [4.78, 5) is 0.389. The molecule has 0 spiro atoms. The van der Waals surface area contributed by atoms with Gasteiger partial charge in [0, 0.05) is 5.56 Å². The van der Waals surface area contributed by atoms with Crippen LogP contribution < -0.4 is 0 Å². The van der Waals surface area contributed by atoms with Gasteiger partial charge in [-0.25, -0.2) is 0 Å². The molecule has 0 radical (unpaired) electrons. The average molecular weight is 468 g/mol. The molecule has 0 aliphatic heterocycles. The second kappa shape index (κ2) is 17.4. The largest absolute Gasteiger partial charge is 0.313 e. The van der Waals surface area contributed by atoms with E-state index in [1.807, 2.05) is 0 Å². The first-order valence-electron chi connectivity index (χ1n) is 12.6. The van der Waals surface area contributed by atoms with Crippen molar-refractivity contribution in [2.24, 2.45) is 0 Å². The van der Waals surface area contributed by atoms with Crippen molar-refractivity contribution in [1.29, 1.82) is 0 Å². The van der Waals surface area contributed by atoms with Crippen LogP contribution in [0.2, 0.25) is 0 Å². The molecule has 0 aliphatic carbocycles. The highest BCUT2D eigenvalue weighted by Gasteiger charge is 2.26. The van der Waals surface area contributed by atoms with Gasteiger partial charge in [0.2, 0.25) is 0 Å². The maximum absolute atomic E-state index is 3.93. The lowest BCUT2D eigenvalue weighted by Gasteiger charge is -2.35. The number of quaternary nitrogens is 1. The Morgan fingerprint density at radius 2 is 1.00 bits per heavy atom. The van der Waals surface area contributed by atoms with E-state index in [9.17, 15) is 0 Å². The quantitative estimate of drug-likeness (QED) is 0.0822. The molecule has 1 atom stereocenters. The molecule has 1 aromatic carbocycles. The molecule has 1 aromatic rings. The molecule has 0 saturated carbocycles. The topological polar surface area (TPSA) is 0 Å². The minimum Gasteiger partial charge on any atom is -0.313 e. The summed E-state index contributed by atoms with van der Waals surface area (Å²) >= 11 is 3.93. The van der Waals surface area contributed by atoms with E-state index in [0.29, 0.717) is 4.95 Å². The zero-order chi connectivity index (χ0) is 21.2. The molecule has 168 valence electrons. The van der Waals surface area contributed by atoms with E-state index in [0.717, 1.165) is 4.48 Å². The summed E-state index contributed by atoms with van der Waals surface area (Å²) in [6, 6.07) is 10.8. The number of halogens is 1. The van der Waals surface area contributed by atoms with Crippen molar-refractivity contribution in [1.82, 2.24) is 0 Å². The summed E-state index contributed by atoms with van der Waals surface area (Å²) < 4.78 is 1.02. The Bertz CT molecular complexity index is 471. The molecule has 0 heterocycles. The normalized spacial score (nSPS) is 13.0. The van der Waals surface area contributed by atoms with Crippen molar-refractivity contribution in [2.75, 3.05) is 20.6 Å². The molecule has 0 fully saturated rings. The first kappa shape index (κ1) is 26.7. The van der Waals surface area contributed by atoms with Gasteiger partial charge in [-0.15, -0.1) is 0 Å². The molecule has 0 amide bonds. The van der Waals surface area contributed by atoms with Crippen LogP contribution in [0.1, 0.15) is 120 Å². The van der Waals surface area contributed by atoms with E-state index in [1.54, 1.807) is 0 Å². The molecule has 0 bridgehead atoms. The van der Waals surface area contributed by atoms with Crippen LogP contribution in [0.3, 0.4) is 0 Å². The zero-order valence-electron chi connectivity index (χ0n) is 19.8. The van der Waals surface area contributed by atoms with Gasteiger partial charge in [0.15, 0.2) is 4.95 Å². The van der Waals surface area contributed by atoms with Crippen molar-refractivity contribution in [3.8, 4) is 0 Å². The van der Waals surface area contributed by atoms with Gasteiger partial charge in [-0.3, -0.25) is 0 Å². The Morgan fingerprint density at radius 1 is 0.621 bits per heavy atom. The number of hydrogen-bond donors (Lipinski definition) is 0. The molecule has 0 N–H and O–H groups in total. The van der Waals surface area contributed by atoms with Crippen LogP contribution in [0.4, 0.5) is 0 Å². The van der Waals surface area contributed by atoms with Crippen molar-refractivity contribution in [3.63, 3.8) is 0 Å². The maximum atomic E-state index is 3.93. The van der Waals surface area contributed by atoms with Gasteiger partial charge < -0.3 is 4.48 Å². The van der Waals surface area contributed by atoms with Crippen LogP contribution in [-0.2, 0) is 0 Å². The third-order valence-electron chi connectivity index (χ3n) is 6.28. The second-order valence-electron chi connectivity index (χ2n) is 9.55. The molecule has 2 heteroatoms. The highest BCUT2D eigenvalue weighted by atomic mass is 79.9. The van der Waals surface area contributed by atoms with Crippen molar-refractivity contribution >= 4 is 15.9 Å². The minimum absolute atomic E-state index is 0.389. The number of alkyl halides is 1. The van der Waals surface area contributed by atoms with Gasteiger partial charge in [-0.2, -0.15) is 0 Å². The fourth-order valence-corrected chi connectivity index (χ4v) is 4.71. The van der Waals surface area contributed by atoms with Gasteiger partial charge in [0.25, 0.3) is 0 Å². The molecule has 29 heavy (non-hydrogen) atoms. The van der Waals surface area contributed by atoms with Crippen molar-refractivity contribution in [3.05, 3.63) is 35.9 Å². The van der Waals surface area contributed by atoms with Crippen LogP contribution in [0.5, 0.6) is 0 Å². The highest BCUT2D eigenvalue weighted by molar-refractivity contribution is 9.09. The lowest BCUT2D eigenvalue weighted by atomic mass is 10.0. The van der Waals surface area contributed by atoms with Gasteiger partial charge in [0.05, 0.1) is 20.6 Å². The first-order chi connectivity index (χ1) is 14.1. The lowest BCUT2D eigenvalue weighted by Crippen LogP contribution is -2.41. The number of nitrogens with zero attached hydrogens (tertiary/aromatic N) is 1. The Kier molecular flexibility index (Phi) is 16.0. The highest BCUT2D eigenvalue weighted by Crippen LogP contribution is 2.31. The fraction of sp³-hybridized carbons (Fsp3) is 0.778. The van der Waals surface area contributed by atoms with Gasteiger partial charge >= 0.3 is 0 Å². The monoisotopic (exact) mass is 466 g/mol. The van der Waals surface area contributed by atoms with Crippen LogP contribution in [0, 0.1) is 0 Å². The molecule has 0 aromatic heterocycles. The van der Waals surface area contributed by atoms with Gasteiger partial charge in [0.1, 0.15) is 0 Å². The van der Waals surface area contributed by atoms with E-state index in [4.69, 9.17) is 0 Å². The molecular weight excluding hydrogens is 418 g/mol. The summed E-state index contributed by atoms with van der Waals surface area (Å²) in [5, 5.41) is 0. The number of unbranched alkanes of at least 4 members (excludes halogenated alkanes) is 15. The predicted molar refractivity (Wildman–Crippen MR) is 135 cm³/mol. The standard InChI is InChI=1S/C27H49BrN/c1-4-5-6-7-8-9-10-11-12-13-14-15-16-17-18-22-25-29(2,3)27(28)26-23-20-19-21-24-26/h19-21,23-24,27H,4-18,22,25H2,1-3H3/q+1. The summed E-state index contributed by atoms with van der Waals surface area (Å²) in [6.45, 7) is 3.54. The molecule has 1 unspecified atom stereocenters. The number of benzene rings is 1. The van der Waals surface area contributed by atoms with Crippen LogP contribution in [-0.4, -0.2) is 25.1 Å². The Hall–Kier alpha value is -0.340. The predicted octanol–water partition coefficient (Wildman–Crippen LogP) is 9.42. The van der Waals surface area contributed by atoms with Crippen LogP contribution >= 0.6 is 15.9 Å². The zero-order valence-corrected chi connectivity index (χ0v) is 21.4. The summed E-state index contributed by atoms with van der Waals surface area (Å²) in [6.07, 6.45) is 23.0. The molecule has 0 aliphatic rings. The summed E-state index contributed by atoms with van der Waals surface area (Å²) in [7, 11) is 4.69. The smallest absolute Gasteiger partial charge is 0.169 e. The van der Waals surface area contributed by atoms with Crippen molar-refractivity contribution < 1.29 is 4.48 Å². The van der Waals surface area contributed by atoms with E-state index in [1.165, 1.54) is 115 Å². The summed E-state index contributed by atoms with van der Waals surface area (Å²) in [5.41, 5.74) is 1.38. The van der Waals surface area contributed by atoms with Crippen LogP contribution in [0.25, 0.3) is 0 Å². The van der Waals surface area contributed by atoms with Gasteiger partial charge in [-0.05, 0) is 28.8 Å². The Labute approximate surface area is 191 Å². The molecule has 0 saturated heterocycles. The average Bonchev–Trinajstić information content (AvgIpc) is 2.73. The lowest BCUT2D eigenvalue weighted by molar-refractivity contribution is -0.904. The Balaban J connectivity index is 1.89.